The van der Waals surface area contributed by atoms with E-state index in [1.54, 1.807) is 42.6 Å². The van der Waals surface area contributed by atoms with E-state index in [9.17, 15) is 4.79 Å². The maximum absolute atomic E-state index is 12.2. The van der Waals surface area contributed by atoms with Crippen LogP contribution in [0.1, 0.15) is 24.2 Å². The molecule has 27 heavy (non-hydrogen) atoms. The second-order valence-corrected chi connectivity index (χ2v) is 6.62. The van der Waals surface area contributed by atoms with Gasteiger partial charge in [0.1, 0.15) is 11.6 Å². The zero-order valence-electron chi connectivity index (χ0n) is 15.1. The monoisotopic (exact) mass is 381 g/mol. The van der Waals surface area contributed by atoms with Gasteiger partial charge in [-0.1, -0.05) is 23.7 Å². The van der Waals surface area contributed by atoms with Crippen LogP contribution in [-0.4, -0.2) is 17.0 Å². The number of para-hydroxylation sites is 2. The summed E-state index contributed by atoms with van der Waals surface area (Å²) in [6.07, 6.45) is 1.67. The molecule has 0 aliphatic heterocycles. The Morgan fingerprint density at radius 3 is 2.44 bits per heavy atom. The van der Waals surface area contributed by atoms with Crippen LogP contribution in [0.4, 0.5) is 17.2 Å². The molecular formula is C21H20ClN3O2. The van der Waals surface area contributed by atoms with E-state index in [2.05, 4.69) is 15.6 Å². The Kier molecular flexibility index (Phi) is 5.94. The average Bonchev–Trinajstić information content (AvgIpc) is 2.65. The number of pyridine rings is 1. The van der Waals surface area contributed by atoms with Crippen molar-refractivity contribution in [2.75, 3.05) is 10.6 Å². The van der Waals surface area contributed by atoms with Crippen molar-refractivity contribution in [2.45, 2.75) is 20.0 Å². The molecule has 2 aromatic carbocycles. The first kappa shape index (κ1) is 18.7. The standard InChI is InChI=1S/C21H20ClN3O2/c1-14(2)27-19-6-4-3-5-18(19)25-20-12-11-17(13-23-20)24-21(26)15-7-9-16(22)10-8-15/h3-14H,1-2H3,(H,23,25)(H,24,26). The number of carbonyl (C=O) groups excluding carboxylic acids is 1. The second kappa shape index (κ2) is 8.56. The van der Waals surface area contributed by atoms with Gasteiger partial charge in [-0.15, -0.1) is 0 Å². The fourth-order valence-electron chi connectivity index (χ4n) is 2.41. The normalized spacial score (nSPS) is 10.5. The molecule has 1 heterocycles. The van der Waals surface area contributed by atoms with Gasteiger partial charge in [0.25, 0.3) is 5.91 Å². The smallest absolute Gasteiger partial charge is 0.255 e. The second-order valence-electron chi connectivity index (χ2n) is 6.18. The van der Waals surface area contributed by atoms with Crippen molar-refractivity contribution in [3.05, 3.63) is 77.4 Å². The lowest BCUT2D eigenvalue weighted by molar-refractivity contribution is 0.102. The molecule has 0 saturated carbocycles. The molecule has 0 aliphatic rings. The van der Waals surface area contributed by atoms with Gasteiger partial charge >= 0.3 is 0 Å². The SMILES string of the molecule is CC(C)Oc1ccccc1Nc1ccc(NC(=O)c2ccc(Cl)cc2)cn1. The number of hydrogen-bond acceptors (Lipinski definition) is 4. The number of nitrogens with zero attached hydrogens (tertiary/aromatic N) is 1. The first-order chi connectivity index (χ1) is 13.0. The summed E-state index contributed by atoms with van der Waals surface area (Å²) in [6, 6.07) is 18.0. The Labute approximate surface area is 163 Å². The van der Waals surface area contributed by atoms with Crippen LogP contribution in [0.3, 0.4) is 0 Å². The summed E-state index contributed by atoms with van der Waals surface area (Å²) in [4.78, 5) is 16.6. The fourth-order valence-corrected chi connectivity index (χ4v) is 2.54. The van der Waals surface area contributed by atoms with Crippen molar-refractivity contribution < 1.29 is 9.53 Å². The number of anilines is 3. The molecule has 3 aromatic rings. The first-order valence-corrected chi connectivity index (χ1v) is 8.95. The summed E-state index contributed by atoms with van der Waals surface area (Å²) < 4.78 is 5.79. The molecule has 0 saturated heterocycles. The highest BCUT2D eigenvalue weighted by atomic mass is 35.5. The number of benzene rings is 2. The number of halogens is 1. The highest BCUT2D eigenvalue weighted by Gasteiger charge is 2.08. The molecule has 1 aromatic heterocycles. The van der Waals surface area contributed by atoms with Crippen LogP contribution in [0.15, 0.2) is 66.9 Å². The third kappa shape index (κ3) is 5.21. The third-order valence-electron chi connectivity index (χ3n) is 3.64. The highest BCUT2D eigenvalue weighted by molar-refractivity contribution is 6.30. The number of ether oxygens (including phenoxy) is 1. The van der Waals surface area contributed by atoms with Gasteiger partial charge in [0, 0.05) is 10.6 Å². The molecular weight excluding hydrogens is 362 g/mol. The Hall–Kier alpha value is -3.05. The molecule has 0 aliphatic carbocycles. The van der Waals surface area contributed by atoms with Gasteiger partial charge in [0.2, 0.25) is 0 Å². The number of carbonyl (C=O) groups is 1. The zero-order valence-corrected chi connectivity index (χ0v) is 15.8. The van der Waals surface area contributed by atoms with E-state index in [0.29, 0.717) is 22.1 Å². The lowest BCUT2D eigenvalue weighted by Gasteiger charge is -2.15. The van der Waals surface area contributed by atoms with Gasteiger partial charge in [0.15, 0.2) is 0 Å². The van der Waals surface area contributed by atoms with Gasteiger partial charge in [0.05, 0.1) is 23.7 Å². The van der Waals surface area contributed by atoms with Crippen molar-refractivity contribution in [1.82, 2.24) is 4.98 Å². The topological polar surface area (TPSA) is 63.2 Å². The summed E-state index contributed by atoms with van der Waals surface area (Å²) in [7, 11) is 0. The van der Waals surface area contributed by atoms with Crippen LogP contribution >= 0.6 is 11.6 Å². The van der Waals surface area contributed by atoms with E-state index >= 15 is 0 Å². The molecule has 1 amide bonds. The first-order valence-electron chi connectivity index (χ1n) is 8.57. The molecule has 6 heteroatoms. The molecule has 0 unspecified atom stereocenters. The van der Waals surface area contributed by atoms with Gasteiger partial charge in [-0.05, 0) is 62.4 Å². The predicted octanol–water partition coefficient (Wildman–Crippen LogP) is 5.52. The highest BCUT2D eigenvalue weighted by Crippen LogP contribution is 2.27. The maximum Gasteiger partial charge on any atom is 0.255 e. The van der Waals surface area contributed by atoms with Crippen molar-refractivity contribution in [3.63, 3.8) is 0 Å². The van der Waals surface area contributed by atoms with Crippen LogP contribution in [0.25, 0.3) is 0 Å². The molecule has 2 N–H and O–H groups in total. The minimum Gasteiger partial charge on any atom is -0.489 e. The quantitative estimate of drug-likeness (QED) is 0.590. The summed E-state index contributed by atoms with van der Waals surface area (Å²) in [5, 5.41) is 6.63. The molecule has 0 atom stereocenters. The Morgan fingerprint density at radius 2 is 1.78 bits per heavy atom. The number of nitrogens with one attached hydrogen (secondary N) is 2. The van der Waals surface area contributed by atoms with Gasteiger partial charge in [-0.3, -0.25) is 4.79 Å². The average molecular weight is 382 g/mol. The molecule has 138 valence electrons. The van der Waals surface area contributed by atoms with Crippen molar-refractivity contribution >= 4 is 34.7 Å². The maximum atomic E-state index is 12.2. The molecule has 5 nitrogen and oxygen atoms in total. The van der Waals surface area contributed by atoms with Gasteiger partial charge in [-0.25, -0.2) is 4.98 Å². The number of hydrogen-bond donors (Lipinski definition) is 2. The van der Waals surface area contributed by atoms with Crippen LogP contribution in [-0.2, 0) is 0 Å². The molecule has 3 rings (SSSR count). The summed E-state index contributed by atoms with van der Waals surface area (Å²) >= 11 is 5.84. The molecule has 0 spiro atoms. The minimum absolute atomic E-state index is 0.0753. The predicted molar refractivity (Wildman–Crippen MR) is 109 cm³/mol. The number of aromatic nitrogens is 1. The largest absolute Gasteiger partial charge is 0.489 e. The van der Waals surface area contributed by atoms with Crippen molar-refractivity contribution in [2.24, 2.45) is 0 Å². The van der Waals surface area contributed by atoms with E-state index in [-0.39, 0.29) is 12.0 Å². The van der Waals surface area contributed by atoms with E-state index in [1.165, 1.54) is 0 Å². The minimum atomic E-state index is -0.218. The number of rotatable bonds is 6. The molecule has 0 bridgehead atoms. The lowest BCUT2D eigenvalue weighted by atomic mass is 10.2. The Balaban J connectivity index is 1.67. The van der Waals surface area contributed by atoms with Gasteiger partial charge < -0.3 is 15.4 Å². The Bertz CT molecular complexity index is 909. The van der Waals surface area contributed by atoms with E-state index in [4.69, 9.17) is 16.3 Å². The van der Waals surface area contributed by atoms with Crippen LogP contribution in [0, 0.1) is 0 Å². The summed E-state index contributed by atoms with van der Waals surface area (Å²) in [5.74, 6) is 1.19. The zero-order chi connectivity index (χ0) is 19.2. The van der Waals surface area contributed by atoms with Crippen molar-refractivity contribution in [3.8, 4) is 5.75 Å². The van der Waals surface area contributed by atoms with Crippen LogP contribution in [0.2, 0.25) is 5.02 Å². The summed E-state index contributed by atoms with van der Waals surface area (Å²) in [5.41, 5.74) is 1.96. The van der Waals surface area contributed by atoms with Crippen molar-refractivity contribution in [1.29, 1.82) is 0 Å². The van der Waals surface area contributed by atoms with E-state index in [0.717, 1.165) is 11.4 Å². The number of amides is 1. The van der Waals surface area contributed by atoms with Gasteiger partial charge in [-0.2, -0.15) is 0 Å². The molecule has 0 radical (unpaired) electrons. The van der Waals surface area contributed by atoms with E-state index < -0.39 is 0 Å². The lowest BCUT2D eigenvalue weighted by Crippen LogP contribution is -2.12. The fraction of sp³-hybridized carbons (Fsp3) is 0.143. The van der Waals surface area contributed by atoms with Crippen LogP contribution < -0.4 is 15.4 Å². The Morgan fingerprint density at radius 1 is 1.04 bits per heavy atom. The van der Waals surface area contributed by atoms with Crippen LogP contribution in [0.5, 0.6) is 5.75 Å². The van der Waals surface area contributed by atoms with E-state index in [1.807, 2.05) is 38.1 Å². The molecule has 0 fully saturated rings. The summed E-state index contributed by atoms with van der Waals surface area (Å²) in [6.45, 7) is 3.96. The third-order valence-corrected chi connectivity index (χ3v) is 3.89.